The largest absolute Gasteiger partial charge is 0.271 e. The number of amides is 1. The van der Waals surface area contributed by atoms with Crippen molar-refractivity contribution in [3.63, 3.8) is 0 Å². The first kappa shape index (κ1) is 11.9. The van der Waals surface area contributed by atoms with Gasteiger partial charge in [0.2, 0.25) is 0 Å². The average Bonchev–Trinajstić information content (AvgIpc) is 2.46. The number of nitrogens with one attached hydrogen (secondary N) is 1. The van der Waals surface area contributed by atoms with Crippen molar-refractivity contribution in [2.24, 2.45) is 5.10 Å². The molecule has 90 valence electrons. The predicted octanol–water partition coefficient (Wildman–Crippen LogP) is 1.63. The van der Waals surface area contributed by atoms with Crippen LogP contribution in [0.3, 0.4) is 0 Å². The topological polar surface area (TPSA) is 67.2 Å². The Hall–Kier alpha value is -2.56. The molecule has 2 rings (SSSR count). The number of aromatic nitrogens is 2. The van der Waals surface area contributed by atoms with Gasteiger partial charge in [0.15, 0.2) is 0 Å². The van der Waals surface area contributed by atoms with Gasteiger partial charge in [0.1, 0.15) is 0 Å². The van der Waals surface area contributed by atoms with E-state index >= 15 is 0 Å². The molecular weight excluding hydrogens is 228 g/mol. The van der Waals surface area contributed by atoms with Gasteiger partial charge < -0.3 is 0 Å². The summed E-state index contributed by atoms with van der Waals surface area (Å²) in [5.41, 5.74) is 4.58. The van der Waals surface area contributed by atoms with Crippen LogP contribution < -0.4 is 5.43 Å². The van der Waals surface area contributed by atoms with Crippen LogP contribution in [0, 0.1) is 0 Å². The molecule has 5 heteroatoms. The average molecular weight is 240 g/mol. The van der Waals surface area contributed by atoms with Crippen molar-refractivity contribution in [1.29, 1.82) is 0 Å². The van der Waals surface area contributed by atoms with Gasteiger partial charge in [-0.25, -0.2) is 5.43 Å². The van der Waals surface area contributed by atoms with Gasteiger partial charge in [-0.3, -0.25) is 14.8 Å². The number of hydrogen-bond donors (Lipinski definition) is 1. The SMILES string of the molecule is C/C(=N\NC(=O)c1ccncc1)c1cccnc1. The van der Waals surface area contributed by atoms with Gasteiger partial charge in [-0.2, -0.15) is 5.10 Å². The second-order valence-corrected chi connectivity index (χ2v) is 3.62. The van der Waals surface area contributed by atoms with E-state index in [2.05, 4.69) is 20.5 Å². The lowest BCUT2D eigenvalue weighted by atomic mass is 10.2. The number of carbonyl (C=O) groups is 1. The lowest BCUT2D eigenvalue weighted by molar-refractivity contribution is 0.0954. The van der Waals surface area contributed by atoms with Gasteiger partial charge in [-0.1, -0.05) is 6.07 Å². The van der Waals surface area contributed by atoms with E-state index in [0.717, 1.165) is 5.56 Å². The molecule has 0 aromatic carbocycles. The van der Waals surface area contributed by atoms with Crippen molar-refractivity contribution >= 4 is 11.6 Å². The molecule has 0 saturated carbocycles. The maximum atomic E-state index is 11.7. The molecule has 0 spiro atoms. The highest BCUT2D eigenvalue weighted by Gasteiger charge is 2.03. The first-order valence-corrected chi connectivity index (χ1v) is 5.42. The van der Waals surface area contributed by atoms with E-state index in [-0.39, 0.29) is 5.91 Å². The maximum Gasteiger partial charge on any atom is 0.271 e. The van der Waals surface area contributed by atoms with Crippen LogP contribution in [0.4, 0.5) is 0 Å². The molecule has 0 radical (unpaired) electrons. The minimum absolute atomic E-state index is 0.263. The van der Waals surface area contributed by atoms with Crippen molar-refractivity contribution in [3.8, 4) is 0 Å². The van der Waals surface area contributed by atoms with Crippen molar-refractivity contribution in [1.82, 2.24) is 15.4 Å². The quantitative estimate of drug-likeness (QED) is 0.655. The summed E-state index contributed by atoms with van der Waals surface area (Å²) in [7, 11) is 0. The van der Waals surface area contributed by atoms with Crippen LogP contribution in [0.5, 0.6) is 0 Å². The Kier molecular flexibility index (Phi) is 3.76. The molecule has 0 aliphatic carbocycles. The smallest absolute Gasteiger partial charge is 0.267 e. The van der Waals surface area contributed by atoms with Crippen LogP contribution in [0.15, 0.2) is 54.2 Å². The minimum Gasteiger partial charge on any atom is -0.267 e. The Bertz CT molecular complexity index is 552. The molecule has 5 nitrogen and oxygen atoms in total. The number of hydrogen-bond acceptors (Lipinski definition) is 4. The molecule has 2 aromatic rings. The van der Waals surface area contributed by atoms with Gasteiger partial charge in [-0.05, 0) is 25.1 Å². The van der Waals surface area contributed by atoms with Crippen LogP contribution in [-0.2, 0) is 0 Å². The summed E-state index contributed by atoms with van der Waals surface area (Å²) >= 11 is 0. The number of carbonyl (C=O) groups excluding carboxylic acids is 1. The molecule has 0 aliphatic heterocycles. The lowest BCUT2D eigenvalue weighted by Gasteiger charge is -2.02. The number of nitrogens with zero attached hydrogens (tertiary/aromatic N) is 3. The van der Waals surface area contributed by atoms with Gasteiger partial charge in [0.05, 0.1) is 5.71 Å². The van der Waals surface area contributed by atoms with Crippen LogP contribution in [0.1, 0.15) is 22.8 Å². The van der Waals surface area contributed by atoms with Crippen LogP contribution >= 0.6 is 0 Å². The van der Waals surface area contributed by atoms with Crippen LogP contribution in [0.2, 0.25) is 0 Å². The van der Waals surface area contributed by atoms with E-state index in [9.17, 15) is 4.79 Å². The molecule has 0 bridgehead atoms. The highest BCUT2D eigenvalue weighted by atomic mass is 16.2. The molecule has 2 heterocycles. The first-order chi connectivity index (χ1) is 8.77. The van der Waals surface area contributed by atoms with Crippen molar-refractivity contribution < 1.29 is 4.79 Å². The van der Waals surface area contributed by atoms with E-state index in [1.807, 2.05) is 19.1 Å². The lowest BCUT2D eigenvalue weighted by Crippen LogP contribution is -2.19. The molecule has 18 heavy (non-hydrogen) atoms. The molecule has 1 N–H and O–H groups in total. The Balaban J connectivity index is 2.05. The molecule has 0 saturated heterocycles. The van der Waals surface area contributed by atoms with Crippen molar-refractivity contribution in [2.45, 2.75) is 6.92 Å². The molecule has 0 aliphatic rings. The number of rotatable bonds is 3. The fourth-order valence-electron chi connectivity index (χ4n) is 1.34. The molecule has 2 aromatic heterocycles. The Morgan fingerprint density at radius 1 is 1.11 bits per heavy atom. The van der Waals surface area contributed by atoms with E-state index < -0.39 is 0 Å². The van der Waals surface area contributed by atoms with Crippen LogP contribution in [0.25, 0.3) is 0 Å². The summed E-state index contributed by atoms with van der Waals surface area (Å²) in [5.74, 6) is -0.263. The van der Waals surface area contributed by atoms with Gasteiger partial charge in [0, 0.05) is 35.9 Å². The highest BCUT2D eigenvalue weighted by Crippen LogP contribution is 1.99. The van der Waals surface area contributed by atoms with Crippen LogP contribution in [-0.4, -0.2) is 21.6 Å². The van der Waals surface area contributed by atoms with E-state index in [1.54, 1.807) is 36.9 Å². The summed E-state index contributed by atoms with van der Waals surface area (Å²) < 4.78 is 0. The van der Waals surface area contributed by atoms with E-state index in [4.69, 9.17) is 0 Å². The van der Waals surface area contributed by atoms with E-state index in [1.165, 1.54) is 0 Å². The first-order valence-electron chi connectivity index (χ1n) is 5.42. The maximum absolute atomic E-state index is 11.7. The predicted molar refractivity (Wildman–Crippen MR) is 68.2 cm³/mol. The summed E-state index contributed by atoms with van der Waals surface area (Å²) in [6, 6.07) is 6.96. The zero-order valence-corrected chi connectivity index (χ0v) is 9.87. The molecule has 0 fully saturated rings. The third-order valence-electron chi connectivity index (χ3n) is 2.35. The van der Waals surface area contributed by atoms with Gasteiger partial charge in [0.25, 0.3) is 5.91 Å². The normalized spacial score (nSPS) is 11.1. The number of hydrazone groups is 1. The van der Waals surface area contributed by atoms with E-state index in [0.29, 0.717) is 11.3 Å². The third-order valence-corrected chi connectivity index (χ3v) is 2.35. The summed E-state index contributed by atoms with van der Waals surface area (Å²) in [6.45, 7) is 1.81. The molecular formula is C13H12N4O. The third kappa shape index (κ3) is 2.98. The molecule has 0 unspecified atom stereocenters. The summed E-state index contributed by atoms with van der Waals surface area (Å²) in [6.07, 6.45) is 6.50. The Morgan fingerprint density at radius 3 is 2.56 bits per heavy atom. The Morgan fingerprint density at radius 2 is 1.89 bits per heavy atom. The summed E-state index contributed by atoms with van der Waals surface area (Å²) in [4.78, 5) is 19.6. The van der Waals surface area contributed by atoms with Crippen molar-refractivity contribution in [3.05, 3.63) is 60.2 Å². The zero-order chi connectivity index (χ0) is 12.8. The Labute approximate surface area is 105 Å². The van der Waals surface area contributed by atoms with Gasteiger partial charge >= 0.3 is 0 Å². The fraction of sp³-hybridized carbons (Fsp3) is 0.0769. The van der Waals surface area contributed by atoms with Crippen molar-refractivity contribution in [2.75, 3.05) is 0 Å². The highest BCUT2D eigenvalue weighted by molar-refractivity contribution is 6.00. The second-order valence-electron chi connectivity index (χ2n) is 3.62. The summed E-state index contributed by atoms with van der Waals surface area (Å²) in [5, 5.41) is 4.03. The minimum atomic E-state index is -0.263. The standard InChI is InChI=1S/C13H12N4O/c1-10(12-3-2-6-15-9-12)16-17-13(18)11-4-7-14-8-5-11/h2-9H,1H3,(H,17,18)/b16-10+. The second kappa shape index (κ2) is 5.67. The van der Waals surface area contributed by atoms with Gasteiger partial charge in [-0.15, -0.1) is 0 Å². The fourth-order valence-corrected chi connectivity index (χ4v) is 1.34. The molecule has 0 atom stereocenters. The zero-order valence-electron chi connectivity index (χ0n) is 9.87. The monoisotopic (exact) mass is 240 g/mol. The number of pyridine rings is 2. The molecule has 1 amide bonds.